The average molecular weight is 1700 g/mol. The van der Waals surface area contributed by atoms with Gasteiger partial charge in [0.25, 0.3) is 0 Å². The zero-order chi connectivity index (χ0) is 87.6. The average Bonchev–Trinajstić information content (AvgIpc) is 1.54. The molecule has 5 heteroatoms. The highest BCUT2D eigenvalue weighted by molar-refractivity contribution is 6.14. The van der Waals surface area contributed by atoms with Gasteiger partial charge in [-0.25, -0.2) is 0 Å². The Morgan fingerprint density at radius 2 is 0.433 bits per heavy atom. The molecule has 0 saturated carbocycles. The normalized spacial score (nSPS) is 14.4. The van der Waals surface area contributed by atoms with Crippen molar-refractivity contribution in [3.63, 3.8) is 0 Å². The van der Waals surface area contributed by atoms with Gasteiger partial charge in [0.05, 0.1) is 55.0 Å². The molecule has 0 fully saturated rings. The summed E-state index contributed by atoms with van der Waals surface area (Å²) in [6.07, 6.45) is 0. The smallest absolute Gasteiger partial charge is 0.0755 e. The molecule has 5 aliphatic carbocycles. The number of benzene rings is 21. The summed E-state index contributed by atoms with van der Waals surface area (Å²) in [7, 11) is 0. The number of hydrogen-bond donors (Lipinski definition) is 1. The Morgan fingerprint density at radius 3 is 0.821 bits per heavy atom. The lowest BCUT2D eigenvalue weighted by Gasteiger charge is -2.40. The number of nitrogens with one attached hydrogen (secondary N) is 1. The summed E-state index contributed by atoms with van der Waals surface area (Å²) in [6, 6.07) is 181. The van der Waals surface area contributed by atoms with Crippen LogP contribution >= 0.6 is 0 Å². The number of fused-ring (bicyclic) bond motifs is 38. The Balaban J connectivity index is 0.000000147. The summed E-state index contributed by atoms with van der Waals surface area (Å²) in [5, 5.41) is 11.4. The first-order chi connectivity index (χ1) is 66.5. The molecule has 1 unspecified atom stereocenters. The van der Waals surface area contributed by atoms with Crippen LogP contribution in [0.2, 0.25) is 0 Å². The second-order valence-corrected chi connectivity index (χ2v) is 36.8. The molecular formula is C129H81N5. The number of hydrogen-bond acceptors (Lipinski definition) is 2. The highest BCUT2D eigenvalue weighted by Gasteiger charge is 2.55. The van der Waals surface area contributed by atoms with Crippen molar-refractivity contribution in [1.29, 1.82) is 0 Å². The highest BCUT2D eigenvalue weighted by atomic mass is 15.1. The molecule has 3 aromatic heterocycles. The summed E-state index contributed by atoms with van der Waals surface area (Å²) in [5.41, 5.74) is 48.6. The fourth-order valence-electron chi connectivity index (χ4n) is 25.3. The molecule has 0 radical (unpaired) electrons. The Labute approximate surface area is 775 Å². The van der Waals surface area contributed by atoms with Crippen LogP contribution in [0.3, 0.4) is 0 Å². The minimum atomic E-state index is -0.607. The number of aromatic nitrogens is 3. The van der Waals surface area contributed by atoms with Crippen LogP contribution in [-0.2, 0) is 16.2 Å². The molecule has 6 aliphatic rings. The van der Waals surface area contributed by atoms with E-state index in [2.05, 4.69) is 509 Å². The SMILES string of the molecule is c1ccc2c(c1)-c1ccccc1C21c2ccccc2-c2ccc(N(c3ccc(-c4ccc(-n5c6ccccc6c6ccccc65)cc4)cc3)c3ccc4c(c3)C3(c5ccccc5-4)c4ccccc4-n4c5ccccc5c5cccc3c54)cc21.c1ccc2c(c1)-c1ccccc1C21c2ccccc2-c2ccc(Nc3ccc(-c4ccc(-n5c6ccccc6c6ccccc65)cc4)cc3)cc21. The molecule has 30 rings (SSSR count). The van der Waals surface area contributed by atoms with Crippen LogP contribution in [0, 0.1) is 0 Å². The van der Waals surface area contributed by atoms with E-state index in [9.17, 15) is 0 Å². The third-order valence-electron chi connectivity index (χ3n) is 30.5. The summed E-state index contributed by atoms with van der Waals surface area (Å²) in [6.45, 7) is 0. The van der Waals surface area contributed by atoms with Gasteiger partial charge in [0, 0.05) is 72.1 Å². The standard InChI is InChI=1S/C80H49N3.C49H32N2/c1-8-26-66-56(18-1)57-19-2-9-27-67(57)79(66)68-28-10-3-20-58(68)60-46-44-54(48-72(60)79)81(52-40-36-50(37-41-52)51-38-42-53(43-39-51)82-74-32-13-5-22-62(74)63-23-6-14-33-75(63)82)55-45-47-61-59-21-4-11-29-69(59)80(73(61)49-55)70-30-12-16-35-77(70)83-76-34-15-7-24-64(76)65-25-17-31-71(80)78(65)83;1-6-16-43-37(11-1)38-12-2-7-17-44(38)49(43)45-18-8-3-13-39(45)40-30-27-35(31-46(40)49)50-34-25-21-32(22-26-34)33-23-28-36(29-24-33)51-47-19-9-4-14-41(47)42-15-5-10-20-48(42)51/h1-49H;1-31,50H. The van der Waals surface area contributed by atoms with E-state index in [-0.39, 0.29) is 5.41 Å². The van der Waals surface area contributed by atoms with Crippen molar-refractivity contribution >= 4 is 93.9 Å². The third kappa shape index (κ3) is 10.1. The summed E-state index contributed by atoms with van der Waals surface area (Å²) in [4.78, 5) is 2.53. The van der Waals surface area contributed by atoms with Crippen molar-refractivity contribution in [3.8, 4) is 95.0 Å². The lowest BCUT2D eigenvalue weighted by Crippen LogP contribution is -2.33. The lowest BCUT2D eigenvalue weighted by molar-refractivity contribution is 0.748. The van der Waals surface area contributed by atoms with E-state index in [0.717, 1.165) is 39.7 Å². The van der Waals surface area contributed by atoms with Gasteiger partial charge >= 0.3 is 0 Å². The molecule has 1 atom stereocenters. The summed E-state index contributed by atoms with van der Waals surface area (Å²) in [5.74, 6) is 0. The lowest BCUT2D eigenvalue weighted by atomic mass is 9.65. The largest absolute Gasteiger partial charge is 0.356 e. The van der Waals surface area contributed by atoms with Crippen LogP contribution in [0.1, 0.15) is 66.8 Å². The van der Waals surface area contributed by atoms with Gasteiger partial charge in [-0.15, -0.1) is 0 Å². The molecule has 0 saturated heterocycles. The minimum Gasteiger partial charge on any atom is -0.356 e. The number of nitrogens with zero attached hydrogens (tertiary/aromatic N) is 4. The van der Waals surface area contributed by atoms with Gasteiger partial charge in [-0.1, -0.05) is 364 Å². The van der Waals surface area contributed by atoms with E-state index < -0.39 is 10.8 Å². The molecule has 622 valence electrons. The molecule has 134 heavy (non-hydrogen) atoms. The molecule has 0 amide bonds. The molecule has 5 nitrogen and oxygen atoms in total. The van der Waals surface area contributed by atoms with Gasteiger partial charge in [0.15, 0.2) is 0 Å². The Morgan fingerprint density at radius 1 is 0.172 bits per heavy atom. The number of para-hydroxylation sites is 7. The first kappa shape index (κ1) is 74.5. The first-order valence-corrected chi connectivity index (χ1v) is 46.7. The van der Waals surface area contributed by atoms with Crippen LogP contribution in [-0.4, -0.2) is 13.7 Å². The van der Waals surface area contributed by atoms with Crippen molar-refractivity contribution in [1.82, 2.24) is 13.7 Å². The van der Waals surface area contributed by atoms with Gasteiger partial charge in [0.1, 0.15) is 0 Å². The topological polar surface area (TPSA) is 30.1 Å². The Bertz CT molecular complexity index is 8880. The second kappa shape index (κ2) is 28.3. The maximum atomic E-state index is 3.75. The zero-order valence-electron chi connectivity index (χ0n) is 73.0. The van der Waals surface area contributed by atoms with Crippen molar-refractivity contribution < 1.29 is 0 Å². The van der Waals surface area contributed by atoms with Crippen LogP contribution in [0.5, 0.6) is 0 Å². The molecule has 4 heterocycles. The molecular weight excluding hydrogens is 1620 g/mol. The van der Waals surface area contributed by atoms with Gasteiger partial charge < -0.3 is 23.9 Å². The summed E-state index contributed by atoms with van der Waals surface area (Å²) >= 11 is 0. The third-order valence-corrected chi connectivity index (χ3v) is 30.5. The highest BCUT2D eigenvalue weighted by Crippen LogP contribution is 2.67. The van der Waals surface area contributed by atoms with E-state index in [1.165, 1.54) is 216 Å². The first-order valence-electron chi connectivity index (χ1n) is 46.7. The second-order valence-electron chi connectivity index (χ2n) is 36.8. The fourth-order valence-corrected chi connectivity index (χ4v) is 25.3. The van der Waals surface area contributed by atoms with Crippen molar-refractivity contribution in [3.05, 3.63) is 552 Å². The van der Waals surface area contributed by atoms with Crippen molar-refractivity contribution in [2.24, 2.45) is 0 Å². The summed E-state index contributed by atoms with van der Waals surface area (Å²) < 4.78 is 7.29. The van der Waals surface area contributed by atoms with E-state index in [1.54, 1.807) is 0 Å². The predicted octanol–water partition coefficient (Wildman–Crippen LogP) is 32.6. The molecule has 1 aliphatic heterocycles. The quantitative estimate of drug-likeness (QED) is 0.156. The van der Waals surface area contributed by atoms with E-state index in [0.29, 0.717) is 0 Å². The van der Waals surface area contributed by atoms with Gasteiger partial charge in [-0.05, 0) is 266 Å². The predicted molar refractivity (Wildman–Crippen MR) is 555 cm³/mol. The van der Waals surface area contributed by atoms with E-state index in [1.807, 2.05) is 0 Å². The molecule has 1 N–H and O–H groups in total. The van der Waals surface area contributed by atoms with E-state index in [4.69, 9.17) is 0 Å². The van der Waals surface area contributed by atoms with Crippen LogP contribution < -0.4 is 10.2 Å². The molecule has 24 aromatic rings. The van der Waals surface area contributed by atoms with Crippen LogP contribution in [0.25, 0.3) is 160 Å². The van der Waals surface area contributed by atoms with Crippen LogP contribution in [0.4, 0.5) is 28.4 Å². The molecule has 21 aromatic carbocycles. The molecule has 3 spiro atoms. The van der Waals surface area contributed by atoms with Crippen molar-refractivity contribution in [2.75, 3.05) is 10.2 Å². The number of anilines is 5. The Hall–Kier alpha value is -17.4. The van der Waals surface area contributed by atoms with Gasteiger partial charge in [-0.3, -0.25) is 0 Å². The monoisotopic (exact) mass is 1700 g/mol. The van der Waals surface area contributed by atoms with Crippen molar-refractivity contribution in [2.45, 2.75) is 16.2 Å². The maximum absolute atomic E-state index is 3.75. The molecule has 0 bridgehead atoms. The van der Waals surface area contributed by atoms with E-state index >= 15 is 0 Å². The maximum Gasteiger partial charge on any atom is 0.0755 e. The zero-order valence-corrected chi connectivity index (χ0v) is 73.0. The number of rotatable bonds is 9. The van der Waals surface area contributed by atoms with Gasteiger partial charge in [0.2, 0.25) is 0 Å². The van der Waals surface area contributed by atoms with Crippen LogP contribution in [0.15, 0.2) is 485 Å². The fraction of sp³-hybridized carbons (Fsp3) is 0.0233. The minimum absolute atomic E-state index is 0.341. The van der Waals surface area contributed by atoms with Gasteiger partial charge in [-0.2, -0.15) is 0 Å². The Kier molecular flexibility index (Phi) is 15.7.